The number of rotatable bonds is 5. The molecule has 0 aliphatic carbocycles. The van der Waals surface area contributed by atoms with Crippen molar-refractivity contribution >= 4 is 0 Å². The zero-order chi connectivity index (χ0) is 17.1. The van der Waals surface area contributed by atoms with Gasteiger partial charge in [0.05, 0.1) is 26.4 Å². The van der Waals surface area contributed by atoms with Gasteiger partial charge >= 0.3 is 0 Å². The van der Waals surface area contributed by atoms with Crippen molar-refractivity contribution < 1.29 is 23.5 Å². The monoisotopic (exact) mass is 329 g/mol. The minimum atomic E-state index is -0.395. The second-order valence-corrected chi connectivity index (χ2v) is 5.07. The summed E-state index contributed by atoms with van der Waals surface area (Å²) in [6.07, 6.45) is 0. The van der Waals surface area contributed by atoms with E-state index in [9.17, 15) is 9.50 Å². The molecule has 3 aromatic rings. The number of hydrogen-bond donors (Lipinski definition) is 1. The summed E-state index contributed by atoms with van der Waals surface area (Å²) in [5.74, 6) is 1.10. The molecule has 0 radical (unpaired) electrons. The molecule has 0 bridgehead atoms. The molecule has 0 amide bonds. The maximum Gasteiger partial charge on any atom is 0.173 e. The van der Waals surface area contributed by atoms with Crippen LogP contribution in [0.15, 0.2) is 47.0 Å². The lowest BCUT2D eigenvalue weighted by Gasteiger charge is -2.09. The van der Waals surface area contributed by atoms with E-state index >= 15 is 0 Å². The third-order valence-corrected chi connectivity index (χ3v) is 3.69. The highest BCUT2D eigenvalue weighted by Gasteiger charge is 2.21. The van der Waals surface area contributed by atoms with Gasteiger partial charge < -0.3 is 19.1 Å². The summed E-state index contributed by atoms with van der Waals surface area (Å²) in [6, 6.07) is 11.2. The molecular formula is C18H16FNO4. The van der Waals surface area contributed by atoms with Crippen LogP contribution in [0.2, 0.25) is 0 Å². The van der Waals surface area contributed by atoms with E-state index in [1.807, 2.05) is 0 Å². The summed E-state index contributed by atoms with van der Waals surface area (Å²) in [6.45, 7) is -0.314. The summed E-state index contributed by atoms with van der Waals surface area (Å²) in [4.78, 5) is 0. The largest absolute Gasteiger partial charge is 0.497 e. The van der Waals surface area contributed by atoms with Crippen molar-refractivity contribution in [1.82, 2.24) is 5.16 Å². The molecule has 1 aromatic heterocycles. The molecule has 24 heavy (non-hydrogen) atoms. The summed E-state index contributed by atoms with van der Waals surface area (Å²) in [7, 11) is 3.09. The van der Waals surface area contributed by atoms with Crippen LogP contribution in [0.4, 0.5) is 4.39 Å². The Morgan fingerprint density at radius 2 is 1.96 bits per heavy atom. The number of aliphatic hydroxyl groups excluding tert-OH is 1. The molecule has 5 nitrogen and oxygen atoms in total. The molecule has 0 saturated heterocycles. The molecule has 0 atom stereocenters. The molecular weight excluding hydrogens is 313 g/mol. The van der Waals surface area contributed by atoms with Gasteiger partial charge in [-0.1, -0.05) is 17.3 Å². The van der Waals surface area contributed by atoms with Crippen LogP contribution in [-0.4, -0.2) is 24.5 Å². The van der Waals surface area contributed by atoms with Crippen LogP contribution >= 0.6 is 0 Å². The molecule has 0 aliphatic heterocycles. The van der Waals surface area contributed by atoms with E-state index < -0.39 is 5.82 Å². The highest BCUT2D eigenvalue weighted by molar-refractivity contribution is 5.77. The van der Waals surface area contributed by atoms with Gasteiger partial charge in [0, 0.05) is 11.1 Å². The third kappa shape index (κ3) is 2.83. The Morgan fingerprint density at radius 3 is 2.62 bits per heavy atom. The van der Waals surface area contributed by atoms with Gasteiger partial charge in [0.2, 0.25) is 0 Å². The Bertz CT molecular complexity index is 860. The zero-order valence-corrected chi connectivity index (χ0v) is 13.2. The number of benzene rings is 2. The van der Waals surface area contributed by atoms with E-state index in [1.54, 1.807) is 37.4 Å². The maximum absolute atomic E-state index is 13.5. The van der Waals surface area contributed by atoms with Crippen LogP contribution in [0.5, 0.6) is 11.5 Å². The first-order valence-corrected chi connectivity index (χ1v) is 7.25. The number of methoxy groups -OCH3 is 2. The lowest BCUT2D eigenvalue weighted by molar-refractivity contribution is 0.281. The molecule has 2 aromatic carbocycles. The van der Waals surface area contributed by atoms with Crippen molar-refractivity contribution in [2.75, 3.05) is 14.2 Å². The molecule has 0 spiro atoms. The van der Waals surface area contributed by atoms with Crippen molar-refractivity contribution in [2.24, 2.45) is 0 Å². The molecule has 0 aliphatic rings. The Kier molecular flexibility index (Phi) is 4.48. The second kappa shape index (κ2) is 6.72. The van der Waals surface area contributed by atoms with E-state index in [0.717, 1.165) is 0 Å². The fourth-order valence-electron chi connectivity index (χ4n) is 2.52. The first-order valence-electron chi connectivity index (χ1n) is 7.25. The van der Waals surface area contributed by atoms with Gasteiger partial charge in [0.25, 0.3) is 0 Å². The summed E-state index contributed by atoms with van der Waals surface area (Å²) >= 11 is 0. The predicted molar refractivity (Wildman–Crippen MR) is 86.4 cm³/mol. The molecule has 1 N–H and O–H groups in total. The van der Waals surface area contributed by atoms with E-state index in [0.29, 0.717) is 39.6 Å². The average molecular weight is 329 g/mol. The lowest BCUT2D eigenvalue weighted by atomic mass is 10.0. The van der Waals surface area contributed by atoms with Crippen molar-refractivity contribution in [3.8, 4) is 34.1 Å². The fraction of sp³-hybridized carbons (Fsp3) is 0.167. The quantitative estimate of drug-likeness (QED) is 0.774. The van der Waals surface area contributed by atoms with Crippen LogP contribution in [0.1, 0.15) is 5.56 Å². The minimum absolute atomic E-state index is 0.314. The molecule has 3 rings (SSSR count). The van der Waals surface area contributed by atoms with Gasteiger partial charge in [-0.05, 0) is 30.3 Å². The van der Waals surface area contributed by atoms with Crippen LogP contribution in [0.25, 0.3) is 22.6 Å². The Balaban J connectivity index is 2.17. The molecule has 0 saturated carbocycles. The normalized spacial score (nSPS) is 10.7. The number of hydrogen-bond acceptors (Lipinski definition) is 5. The number of aromatic nitrogens is 1. The summed E-state index contributed by atoms with van der Waals surface area (Å²) in [5.41, 5.74) is 1.99. The highest BCUT2D eigenvalue weighted by atomic mass is 19.1. The number of halogens is 1. The maximum atomic E-state index is 13.5. The molecule has 6 heteroatoms. The Hall–Kier alpha value is -2.86. The van der Waals surface area contributed by atoms with Crippen LogP contribution in [0.3, 0.4) is 0 Å². The van der Waals surface area contributed by atoms with Gasteiger partial charge in [-0.15, -0.1) is 0 Å². The SMILES string of the molecule is COc1ccc(OC)c(-c2noc(-c3cccc(F)c3)c2CO)c1. The van der Waals surface area contributed by atoms with Crippen LogP contribution < -0.4 is 9.47 Å². The van der Waals surface area contributed by atoms with Gasteiger partial charge in [-0.25, -0.2) is 4.39 Å². The van der Waals surface area contributed by atoms with Gasteiger partial charge in [-0.3, -0.25) is 0 Å². The third-order valence-electron chi connectivity index (χ3n) is 3.69. The summed E-state index contributed by atoms with van der Waals surface area (Å²) in [5, 5.41) is 13.9. The van der Waals surface area contributed by atoms with Crippen molar-refractivity contribution in [2.45, 2.75) is 6.61 Å². The second-order valence-electron chi connectivity index (χ2n) is 5.07. The highest BCUT2D eigenvalue weighted by Crippen LogP contribution is 2.38. The van der Waals surface area contributed by atoms with Gasteiger partial charge in [-0.2, -0.15) is 0 Å². The van der Waals surface area contributed by atoms with Crippen molar-refractivity contribution in [3.05, 3.63) is 53.8 Å². The number of aliphatic hydroxyl groups is 1. The van der Waals surface area contributed by atoms with Crippen molar-refractivity contribution in [3.63, 3.8) is 0 Å². The smallest absolute Gasteiger partial charge is 0.173 e. The van der Waals surface area contributed by atoms with Crippen molar-refractivity contribution in [1.29, 1.82) is 0 Å². The van der Waals surface area contributed by atoms with Gasteiger partial charge in [0.15, 0.2) is 5.76 Å². The summed E-state index contributed by atoms with van der Waals surface area (Å²) < 4.78 is 29.4. The molecule has 0 fully saturated rings. The van der Waals surface area contributed by atoms with E-state index in [1.165, 1.54) is 19.2 Å². The Morgan fingerprint density at radius 1 is 1.12 bits per heavy atom. The van der Waals surface area contributed by atoms with E-state index in [2.05, 4.69) is 5.16 Å². The standard InChI is InChI=1S/C18H16FNO4/c1-22-13-6-7-16(23-2)14(9-13)17-15(10-21)18(24-20-17)11-4-3-5-12(19)8-11/h3-9,21H,10H2,1-2H3. The fourth-order valence-corrected chi connectivity index (χ4v) is 2.52. The van der Waals surface area contributed by atoms with Gasteiger partial charge in [0.1, 0.15) is 23.0 Å². The predicted octanol–water partition coefficient (Wildman–Crippen LogP) is 3.66. The molecule has 124 valence electrons. The first-order chi connectivity index (χ1) is 11.7. The molecule has 1 heterocycles. The zero-order valence-electron chi connectivity index (χ0n) is 13.2. The van der Waals surface area contributed by atoms with Crippen LogP contribution in [0, 0.1) is 5.82 Å². The lowest BCUT2D eigenvalue weighted by Crippen LogP contribution is -1.94. The topological polar surface area (TPSA) is 64.7 Å². The van der Waals surface area contributed by atoms with Crippen LogP contribution in [-0.2, 0) is 6.61 Å². The Labute approximate surface area is 138 Å². The van der Waals surface area contributed by atoms with E-state index in [4.69, 9.17) is 14.0 Å². The van der Waals surface area contributed by atoms with E-state index in [-0.39, 0.29) is 6.61 Å². The number of ether oxygens (including phenoxy) is 2. The number of nitrogens with zero attached hydrogens (tertiary/aromatic N) is 1. The average Bonchev–Trinajstić information content (AvgIpc) is 3.05. The minimum Gasteiger partial charge on any atom is -0.497 e. The first kappa shape index (κ1) is 16.0. The molecule has 0 unspecified atom stereocenters.